The van der Waals surface area contributed by atoms with Gasteiger partial charge >= 0.3 is 5.97 Å². The molecule has 0 heterocycles. The third kappa shape index (κ3) is 13.2. The van der Waals surface area contributed by atoms with Gasteiger partial charge in [0.05, 0.1) is 6.42 Å². The van der Waals surface area contributed by atoms with E-state index in [1.165, 1.54) is 17.0 Å². The van der Waals surface area contributed by atoms with Gasteiger partial charge in [0.2, 0.25) is 17.7 Å². The summed E-state index contributed by atoms with van der Waals surface area (Å²) in [5.74, 6) is -3.24. The van der Waals surface area contributed by atoms with Crippen LogP contribution >= 0.6 is 0 Å². The molecule has 45 heavy (non-hydrogen) atoms. The maximum absolute atomic E-state index is 13.7. The topological polar surface area (TPSA) is 265 Å². The van der Waals surface area contributed by atoms with Gasteiger partial charge in [-0.15, -0.1) is 0 Å². The molecular weight excluding hydrogens is 582 g/mol. The molecule has 0 radical (unpaired) electrons. The fourth-order valence-electron chi connectivity index (χ4n) is 4.47. The van der Waals surface area contributed by atoms with Crippen LogP contribution in [0.1, 0.15) is 37.3 Å². The van der Waals surface area contributed by atoms with Crippen molar-refractivity contribution in [2.24, 2.45) is 32.9 Å². The minimum absolute atomic E-state index is 0.0397. The third-order valence-corrected chi connectivity index (χ3v) is 6.74. The summed E-state index contributed by atoms with van der Waals surface area (Å²) in [4.78, 5) is 61.3. The summed E-state index contributed by atoms with van der Waals surface area (Å²) in [6.45, 7) is 2.08. The number of aromatic hydroxyl groups is 1. The Morgan fingerprint density at radius 3 is 2.04 bits per heavy atom. The second-order valence-electron chi connectivity index (χ2n) is 10.3. The Kier molecular flexibility index (Phi) is 14.6. The van der Waals surface area contributed by atoms with Crippen molar-refractivity contribution in [2.75, 3.05) is 19.6 Å². The van der Waals surface area contributed by atoms with Gasteiger partial charge in [0, 0.05) is 32.5 Å². The summed E-state index contributed by atoms with van der Waals surface area (Å²) in [5.41, 5.74) is 23.5. The SMILES string of the molecule is CCN(CCC(=O)O)C(=O)[C@H](Cc1ccccc1)NC(=O)[C@@H](CCCN=C(N)N)NC(=O)[C@H](Cc1ccc(O)cc1)N=C(N)N. The Hall–Kier alpha value is -5.34. The predicted molar refractivity (Wildman–Crippen MR) is 170 cm³/mol. The van der Waals surface area contributed by atoms with Gasteiger partial charge < -0.3 is 48.7 Å². The number of carboxylic acids is 1. The van der Waals surface area contributed by atoms with Gasteiger partial charge in [-0.1, -0.05) is 42.5 Å². The molecule has 3 atom stereocenters. The largest absolute Gasteiger partial charge is 0.508 e. The summed E-state index contributed by atoms with van der Waals surface area (Å²) in [5, 5.41) is 24.2. The smallest absolute Gasteiger partial charge is 0.305 e. The van der Waals surface area contributed by atoms with Crippen molar-refractivity contribution in [3.8, 4) is 5.75 Å². The summed E-state index contributed by atoms with van der Waals surface area (Å²) in [7, 11) is 0. The second-order valence-corrected chi connectivity index (χ2v) is 10.3. The fraction of sp³-hybridized carbons (Fsp3) is 0.400. The van der Waals surface area contributed by atoms with Crippen LogP contribution < -0.4 is 33.6 Å². The zero-order valence-corrected chi connectivity index (χ0v) is 25.3. The summed E-state index contributed by atoms with van der Waals surface area (Å²) in [6.07, 6.45) is 0.336. The molecule has 0 aromatic heterocycles. The maximum atomic E-state index is 13.7. The van der Waals surface area contributed by atoms with E-state index < -0.39 is 41.8 Å². The predicted octanol–water partition coefficient (Wildman–Crippen LogP) is -0.834. The number of guanidine groups is 2. The number of hydrogen-bond donors (Lipinski definition) is 8. The van der Waals surface area contributed by atoms with E-state index in [-0.39, 0.29) is 63.0 Å². The zero-order valence-electron chi connectivity index (χ0n) is 25.3. The molecule has 0 saturated heterocycles. The van der Waals surface area contributed by atoms with E-state index >= 15 is 0 Å². The van der Waals surface area contributed by atoms with E-state index in [0.717, 1.165) is 5.56 Å². The van der Waals surface area contributed by atoms with Crippen molar-refractivity contribution in [2.45, 2.75) is 57.2 Å². The van der Waals surface area contributed by atoms with Crippen molar-refractivity contribution < 1.29 is 29.4 Å². The quantitative estimate of drug-likeness (QED) is 0.0578. The van der Waals surface area contributed by atoms with Crippen LogP contribution in [0.3, 0.4) is 0 Å². The highest BCUT2D eigenvalue weighted by Gasteiger charge is 2.31. The van der Waals surface area contributed by atoms with Crippen LogP contribution in [0.25, 0.3) is 0 Å². The second kappa shape index (κ2) is 18.4. The van der Waals surface area contributed by atoms with Crippen LogP contribution in [0.15, 0.2) is 64.6 Å². The lowest BCUT2D eigenvalue weighted by atomic mass is 10.0. The molecular formula is C30H43N9O6. The number of nitrogens with two attached hydrogens (primary N) is 4. The number of amides is 3. The van der Waals surface area contributed by atoms with Gasteiger partial charge in [-0.2, -0.15) is 0 Å². The molecule has 0 fully saturated rings. The van der Waals surface area contributed by atoms with Crippen LogP contribution in [-0.2, 0) is 32.0 Å². The van der Waals surface area contributed by atoms with E-state index in [9.17, 15) is 24.3 Å². The number of nitrogens with zero attached hydrogens (tertiary/aromatic N) is 3. The van der Waals surface area contributed by atoms with Crippen LogP contribution in [0.5, 0.6) is 5.75 Å². The van der Waals surface area contributed by atoms with E-state index in [1.54, 1.807) is 43.3 Å². The molecule has 244 valence electrons. The lowest BCUT2D eigenvalue weighted by molar-refractivity contribution is -0.140. The number of carbonyl (C=O) groups excluding carboxylic acids is 3. The van der Waals surface area contributed by atoms with Gasteiger partial charge in [0.1, 0.15) is 23.9 Å². The molecule has 2 aromatic rings. The first-order valence-corrected chi connectivity index (χ1v) is 14.5. The number of likely N-dealkylation sites (N-methyl/N-ethyl adjacent to an activating group) is 1. The number of phenols is 1. The molecule has 15 heteroatoms. The van der Waals surface area contributed by atoms with Crippen molar-refractivity contribution in [1.82, 2.24) is 15.5 Å². The molecule has 0 aliphatic carbocycles. The average Bonchev–Trinajstić information content (AvgIpc) is 2.99. The average molecular weight is 626 g/mol. The van der Waals surface area contributed by atoms with Crippen molar-refractivity contribution in [1.29, 1.82) is 0 Å². The van der Waals surface area contributed by atoms with Crippen molar-refractivity contribution in [3.05, 3.63) is 65.7 Å². The zero-order chi connectivity index (χ0) is 33.4. The fourth-order valence-corrected chi connectivity index (χ4v) is 4.47. The highest BCUT2D eigenvalue weighted by atomic mass is 16.4. The van der Waals surface area contributed by atoms with Crippen molar-refractivity contribution >= 4 is 35.6 Å². The number of aliphatic imine (C=N–C) groups is 2. The molecule has 2 aromatic carbocycles. The van der Waals surface area contributed by atoms with Gasteiger partial charge in [-0.3, -0.25) is 24.2 Å². The Morgan fingerprint density at radius 2 is 1.47 bits per heavy atom. The number of benzene rings is 2. The lowest BCUT2D eigenvalue weighted by Gasteiger charge is -2.28. The number of aliphatic carboxylic acids is 1. The number of phenolic OH excluding ortho intramolecular Hbond substituents is 1. The van der Waals surface area contributed by atoms with Gasteiger partial charge in [0.15, 0.2) is 11.9 Å². The molecule has 0 unspecified atom stereocenters. The summed E-state index contributed by atoms with van der Waals surface area (Å²) in [6, 6.07) is 11.9. The van der Waals surface area contributed by atoms with Crippen LogP contribution in [0, 0.1) is 0 Å². The van der Waals surface area contributed by atoms with Gasteiger partial charge in [0.25, 0.3) is 0 Å². The molecule has 0 saturated carbocycles. The van der Waals surface area contributed by atoms with Crippen LogP contribution in [0.2, 0.25) is 0 Å². The standard InChI is InChI=1S/C30H43N9O6/c1-2-39(16-14-25(41)42)28(45)24(18-19-7-4-3-5-8-19)37-26(43)22(9-6-15-35-29(31)32)36-27(44)23(38-30(33)34)17-20-10-12-21(40)13-11-20/h3-5,7-8,10-13,22-24,40H,2,6,9,14-18H2,1H3,(H,36,44)(H,37,43)(H,41,42)(H4,31,32,35)(H4,33,34,38)/t22-,23+,24+/m1/s1. The van der Waals surface area contributed by atoms with E-state index in [0.29, 0.717) is 12.0 Å². The minimum atomic E-state index is -1.14. The van der Waals surface area contributed by atoms with E-state index in [1.807, 2.05) is 6.07 Å². The van der Waals surface area contributed by atoms with E-state index in [4.69, 9.17) is 28.0 Å². The molecule has 0 aliphatic heterocycles. The summed E-state index contributed by atoms with van der Waals surface area (Å²) >= 11 is 0. The Morgan fingerprint density at radius 1 is 0.844 bits per heavy atom. The number of carbonyl (C=O) groups is 4. The molecule has 15 nitrogen and oxygen atoms in total. The maximum Gasteiger partial charge on any atom is 0.305 e. The number of nitrogens with one attached hydrogen (secondary N) is 2. The molecule has 2 rings (SSSR count). The first-order valence-electron chi connectivity index (χ1n) is 14.5. The van der Waals surface area contributed by atoms with Gasteiger partial charge in [-0.25, -0.2) is 4.99 Å². The Bertz CT molecular complexity index is 1330. The molecule has 0 spiro atoms. The molecule has 0 bridgehead atoms. The number of carboxylic acid groups (broad SMARTS) is 1. The lowest BCUT2D eigenvalue weighted by Crippen LogP contribution is -2.56. The van der Waals surface area contributed by atoms with Gasteiger partial charge in [-0.05, 0) is 43.0 Å². The normalized spacial score (nSPS) is 12.6. The third-order valence-electron chi connectivity index (χ3n) is 6.74. The molecule has 0 aliphatic rings. The molecule has 12 N–H and O–H groups in total. The Labute approximate surface area is 261 Å². The Balaban J connectivity index is 2.35. The number of rotatable bonds is 18. The monoisotopic (exact) mass is 625 g/mol. The van der Waals surface area contributed by atoms with E-state index in [2.05, 4.69) is 20.6 Å². The highest BCUT2D eigenvalue weighted by Crippen LogP contribution is 2.14. The van der Waals surface area contributed by atoms with Crippen molar-refractivity contribution in [3.63, 3.8) is 0 Å². The van der Waals surface area contributed by atoms with Crippen LogP contribution in [-0.4, -0.2) is 88.5 Å². The summed E-state index contributed by atoms with van der Waals surface area (Å²) < 4.78 is 0. The first kappa shape index (κ1) is 35.9. The molecule has 3 amide bonds. The highest BCUT2D eigenvalue weighted by molar-refractivity contribution is 5.94. The number of hydrogen-bond acceptors (Lipinski definition) is 7. The van der Waals surface area contributed by atoms with Crippen LogP contribution in [0.4, 0.5) is 0 Å². The first-order chi connectivity index (χ1) is 21.4. The minimum Gasteiger partial charge on any atom is -0.508 e.